The van der Waals surface area contributed by atoms with E-state index < -0.39 is 46.1 Å². The van der Waals surface area contributed by atoms with Gasteiger partial charge in [-0.2, -0.15) is 4.31 Å². The number of amides is 2. The molecule has 2 N–H and O–H groups in total. The number of cyclic esters (lactones) is 1. The van der Waals surface area contributed by atoms with Crippen molar-refractivity contribution < 1.29 is 32.2 Å². The zero-order valence-corrected chi connectivity index (χ0v) is 25.3. The van der Waals surface area contributed by atoms with Crippen molar-refractivity contribution in [3.63, 3.8) is 0 Å². The number of anilines is 1. The Morgan fingerprint density at radius 3 is 2.44 bits per heavy atom. The van der Waals surface area contributed by atoms with Crippen LogP contribution < -0.4 is 10.2 Å². The highest BCUT2D eigenvalue weighted by atomic mass is 32.2. The lowest BCUT2D eigenvalue weighted by Crippen LogP contribution is -2.53. The lowest BCUT2D eigenvalue weighted by atomic mass is 10.0. The molecule has 1 saturated heterocycles. The van der Waals surface area contributed by atoms with Crippen LogP contribution in [0.2, 0.25) is 0 Å². The van der Waals surface area contributed by atoms with Crippen LogP contribution in [0.5, 0.6) is 0 Å². The summed E-state index contributed by atoms with van der Waals surface area (Å²) in [7, 11) is -3.96. The molecule has 11 heteroatoms. The largest absolute Gasteiger partial charge is 0.434 e. The number of nitrogens with one attached hydrogen (secondary N) is 1. The third-order valence-electron chi connectivity index (χ3n) is 7.58. The van der Waals surface area contributed by atoms with Crippen molar-refractivity contribution in [2.75, 3.05) is 24.5 Å². The van der Waals surface area contributed by atoms with Gasteiger partial charge < -0.3 is 15.2 Å². The van der Waals surface area contributed by atoms with Crippen LogP contribution in [0.25, 0.3) is 0 Å². The summed E-state index contributed by atoms with van der Waals surface area (Å²) in [5, 5.41) is 14.3. The van der Waals surface area contributed by atoms with E-state index in [1.807, 2.05) is 51.1 Å². The molecule has 4 atom stereocenters. The predicted molar refractivity (Wildman–Crippen MR) is 161 cm³/mol. The highest BCUT2D eigenvalue weighted by Gasteiger charge is 2.39. The number of aliphatic hydroxyl groups excluding tert-OH is 1. The maximum absolute atomic E-state index is 13.8. The highest BCUT2D eigenvalue weighted by molar-refractivity contribution is 7.89. The molecule has 230 valence electrons. The Kier molecular flexibility index (Phi) is 10.5. The van der Waals surface area contributed by atoms with E-state index in [1.165, 1.54) is 28.6 Å². The van der Waals surface area contributed by atoms with Crippen LogP contribution in [0.15, 0.2) is 83.8 Å². The molecular formula is C32H38FN3O6S. The van der Waals surface area contributed by atoms with Gasteiger partial charge in [0.05, 0.1) is 29.3 Å². The van der Waals surface area contributed by atoms with Crippen molar-refractivity contribution in [1.82, 2.24) is 9.62 Å². The van der Waals surface area contributed by atoms with E-state index >= 15 is 0 Å². The molecule has 2 amide bonds. The first-order chi connectivity index (χ1) is 20.5. The van der Waals surface area contributed by atoms with Crippen molar-refractivity contribution >= 4 is 27.7 Å². The lowest BCUT2D eigenvalue weighted by molar-refractivity contribution is -0.129. The van der Waals surface area contributed by atoms with Gasteiger partial charge in [0, 0.05) is 13.1 Å². The van der Waals surface area contributed by atoms with Crippen LogP contribution in [0, 0.1) is 18.7 Å². The summed E-state index contributed by atoms with van der Waals surface area (Å²) in [4.78, 5) is 27.2. The molecule has 0 aliphatic carbocycles. The van der Waals surface area contributed by atoms with Gasteiger partial charge in [0.2, 0.25) is 10.0 Å². The van der Waals surface area contributed by atoms with Gasteiger partial charge in [-0.25, -0.2) is 17.6 Å². The molecule has 3 aromatic carbocycles. The Labute approximate surface area is 252 Å². The number of rotatable bonds is 13. The molecule has 0 spiro atoms. The molecule has 0 saturated carbocycles. The molecule has 0 unspecified atom stereocenters. The minimum atomic E-state index is -3.96. The number of aliphatic hydroxyl groups is 1. The van der Waals surface area contributed by atoms with E-state index in [9.17, 15) is 27.5 Å². The molecule has 9 nitrogen and oxygen atoms in total. The first-order valence-electron chi connectivity index (χ1n) is 14.3. The van der Waals surface area contributed by atoms with Gasteiger partial charge >= 0.3 is 6.09 Å². The van der Waals surface area contributed by atoms with Gasteiger partial charge in [0.15, 0.2) is 6.10 Å². The number of sulfonamides is 1. The van der Waals surface area contributed by atoms with Gasteiger partial charge in [0.25, 0.3) is 5.91 Å². The van der Waals surface area contributed by atoms with Crippen molar-refractivity contribution in [2.45, 2.75) is 56.8 Å². The smallest absolute Gasteiger partial charge is 0.415 e. The van der Waals surface area contributed by atoms with Crippen molar-refractivity contribution in [2.24, 2.45) is 5.92 Å². The van der Waals surface area contributed by atoms with Crippen LogP contribution in [0.4, 0.5) is 14.9 Å². The average Bonchev–Trinajstić information content (AvgIpc) is 3.38. The lowest BCUT2D eigenvalue weighted by Gasteiger charge is -2.31. The average molecular weight is 612 g/mol. The molecule has 3 aromatic rings. The molecule has 0 bridgehead atoms. The summed E-state index contributed by atoms with van der Waals surface area (Å²) in [6.45, 7) is 5.53. The third kappa shape index (κ3) is 8.19. The topological polar surface area (TPSA) is 116 Å². The van der Waals surface area contributed by atoms with E-state index in [0.29, 0.717) is 0 Å². The summed E-state index contributed by atoms with van der Waals surface area (Å²) in [5.41, 5.74) is 1.98. The molecule has 0 radical (unpaired) electrons. The molecular weight excluding hydrogens is 573 g/mol. The van der Waals surface area contributed by atoms with E-state index in [1.54, 1.807) is 24.3 Å². The van der Waals surface area contributed by atoms with E-state index in [0.717, 1.165) is 22.4 Å². The molecule has 1 heterocycles. The SMILES string of the molecule is CC[C@H](C)CN(C[C@@H](O)[C@H](Cc1ccccc1)NC(=O)[C@@H]1CN(c2cccc(F)c2)C(=O)O1)S(=O)(=O)c1ccc(C)cc1. The highest BCUT2D eigenvalue weighted by Crippen LogP contribution is 2.24. The zero-order chi connectivity index (χ0) is 31.1. The minimum absolute atomic E-state index is 0.0151. The van der Waals surface area contributed by atoms with E-state index in [-0.39, 0.29) is 42.6 Å². The standard InChI is InChI=1S/C32H38FN3O6S/c1-4-22(2)19-35(43(40,41)27-15-13-23(3)14-16-27)20-29(37)28(17-24-9-6-5-7-10-24)34-31(38)30-21-36(32(39)42-30)26-12-8-11-25(33)18-26/h5-16,18,22,28-30,37H,4,17,19-21H2,1-3H3,(H,34,38)/t22-,28-,29+,30-/m0/s1. The van der Waals surface area contributed by atoms with Gasteiger partial charge in [0.1, 0.15) is 5.82 Å². The molecule has 1 aliphatic heterocycles. The molecule has 0 aromatic heterocycles. The molecule has 43 heavy (non-hydrogen) atoms. The second-order valence-electron chi connectivity index (χ2n) is 11.0. The summed E-state index contributed by atoms with van der Waals surface area (Å²) >= 11 is 0. The first kappa shape index (κ1) is 32.1. The van der Waals surface area contributed by atoms with Gasteiger partial charge in [-0.3, -0.25) is 9.69 Å². The van der Waals surface area contributed by atoms with E-state index in [4.69, 9.17) is 4.74 Å². The number of halogens is 1. The van der Waals surface area contributed by atoms with Gasteiger partial charge in [-0.05, 0) is 55.2 Å². The normalized spacial score (nSPS) is 17.4. The Morgan fingerprint density at radius 1 is 1.09 bits per heavy atom. The Hall–Kier alpha value is -3.80. The molecule has 1 fully saturated rings. The summed E-state index contributed by atoms with van der Waals surface area (Å²) in [6, 6.07) is 20.2. The summed E-state index contributed by atoms with van der Waals surface area (Å²) in [6.07, 6.45) is -2.38. The van der Waals surface area contributed by atoms with Crippen LogP contribution >= 0.6 is 0 Å². The monoisotopic (exact) mass is 611 g/mol. The number of hydrogen-bond donors (Lipinski definition) is 2. The number of ether oxygens (including phenoxy) is 1. The fraction of sp³-hybridized carbons (Fsp3) is 0.375. The molecule has 1 aliphatic rings. The van der Waals surface area contributed by atoms with Gasteiger partial charge in [-0.1, -0.05) is 74.4 Å². The number of benzene rings is 3. The summed E-state index contributed by atoms with van der Waals surface area (Å²) in [5.74, 6) is -1.17. The van der Waals surface area contributed by atoms with Crippen molar-refractivity contribution in [1.29, 1.82) is 0 Å². The number of carbonyl (C=O) groups is 2. The van der Waals surface area contributed by atoms with E-state index in [2.05, 4.69) is 5.32 Å². The Morgan fingerprint density at radius 2 is 1.79 bits per heavy atom. The number of aryl methyl sites for hydroxylation is 1. The first-order valence-corrected chi connectivity index (χ1v) is 15.7. The fourth-order valence-corrected chi connectivity index (χ4v) is 6.40. The zero-order valence-electron chi connectivity index (χ0n) is 24.5. The molecule has 4 rings (SSSR count). The Balaban J connectivity index is 1.56. The maximum Gasteiger partial charge on any atom is 0.415 e. The van der Waals surface area contributed by atoms with Gasteiger partial charge in [-0.15, -0.1) is 0 Å². The number of nitrogens with zero attached hydrogens (tertiary/aromatic N) is 2. The number of hydrogen-bond acceptors (Lipinski definition) is 6. The maximum atomic E-state index is 13.8. The second kappa shape index (κ2) is 14.1. The summed E-state index contributed by atoms with van der Waals surface area (Å²) < 4.78 is 47.7. The van der Waals surface area contributed by atoms with Crippen LogP contribution in [-0.4, -0.2) is 67.7 Å². The van der Waals surface area contributed by atoms with Crippen LogP contribution in [0.1, 0.15) is 31.4 Å². The third-order valence-corrected chi connectivity index (χ3v) is 9.42. The predicted octanol–water partition coefficient (Wildman–Crippen LogP) is 4.28. The fourth-order valence-electron chi connectivity index (χ4n) is 4.82. The van der Waals surface area contributed by atoms with Crippen LogP contribution in [0.3, 0.4) is 0 Å². The second-order valence-corrected chi connectivity index (χ2v) is 12.9. The van der Waals surface area contributed by atoms with Crippen molar-refractivity contribution in [3.05, 3.63) is 95.8 Å². The minimum Gasteiger partial charge on any atom is -0.434 e. The Bertz CT molecular complexity index is 1500. The number of carbonyl (C=O) groups excluding carboxylic acids is 2. The van der Waals surface area contributed by atoms with Crippen LogP contribution in [-0.2, 0) is 26.0 Å². The quantitative estimate of drug-likeness (QED) is 0.298. The van der Waals surface area contributed by atoms with Crippen molar-refractivity contribution in [3.8, 4) is 0 Å².